The standard InChI is InChI=1S/C17H18FNO2/c1-3-16(21-14-7-5-4-6-8-14)17(20)19-15-11-13(18)10-9-12(15)2/h4-11,16H,3H2,1-2H3,(H,19,20). The molecule has 2 aromatic rings. The number of halogens is 1. The molecule has 0 fully saturated rings. The van der Waals surface area contributed by atoms with Gasteiger partial charge in [0.05, 0.1) is 0 Å². The second kappa shape index (κ2) is 6.88. The molecule has 0 saturated carbocycles. The van der Waals surface area contributed by atoms with Crippen molar-refractivity contribution < 1.29 is 13.9 Å². The maximum absolute atomic E-state index is 13.2. The summed E-state index contributed by atoms with van der Waals surface area (Å²) in [7, 11) is 0. The van der Waals surface area contributed by atoms with Crippen LogP contribution in [0.3, 0.4) is 0 Å². The summed E-state index contributed by atoms with van der Waals surface area (Å²) < 4.78 is 18.9. The van der Waals surface area contributed by atoms with E-state index in [4.69, 9.17) is 4.74 Å². The van der Waals surface area contributed by atoms with E-state index in [1.807, 2.05) is 32.0 Å². The first-order valence-electron chi connectivity index (χ1n) is 6.89. The maximum Gasteiger partial charge on any atom is 0.265 e. The van der Waals surface area contributed by atoms with Gasteiger partial charge < -0.3 is 10.1 Å². The van der Waals surface area contributed by atoms with Gasteiger partial charge in [-0.05, 0) is 43.2 Å². The molecule has 0 spiro atoms. The van der Waals surface area contributed by atoms with Gasteiger partial charge in [-0.1, -0.05) is 31.2 Å². The molecular weight excluding hydrogens is 269 g/mol. The van der Waals surface area contributed by atoms with Gasteiger partial charge in [-0.15, -0.1) is 0 Å². The van der Waals surface area contributed by atoms with Crippen molar-refractivity contribution in [2.75, 3.05) is 5.32 Å². The molecule has 1 atom stereocenters. The Morgan fingerprint density at radius 3 is 2.62 bits per heavy atom. The molecule has 3 nitrogen and oxygen atoms in total. The van der Waals surface area contributed by atoms with E-state index >= 15 is 0 Å². The van der Waals surface area contributed by atoms with E-state index < -0.39 is 6.10 Å². The molecule has 4 heteroatoms. The van der Waals surface area contributed by atoms with Gasteiger partial charge in [0.25, 0.3) is 5.91 Å². The van der Waals surface area contributed by atoms with Crippen molar-refractivity contribution in [3.05, 3.63) is 59.9 Å². The number of amides is 1. The van der Waals surface area contributed by atoms with Crippen molar-refractivity contribution in [2.45, 2.75) is 26.4 Å². The minimum absolute atomic E-state index is 0.282. The van der Waals surface area contributed by atoms with Gasteiger partial charge in [0.1, 0.15) is 11.6 Å². The van der Waals surface area contributed by atoms with Crippen LogP contribution in [0.1, 0.15) is 18.9 Å². The van der Waals surface area contributed by atoms with Crippen LogP contribution in [0, 0.1) is 12.7 Å². The number of anilines is 1. The average molecular weight is 287 g/mol. The molecule has 2 aromatic carbocycles. The van der Waals surface area contributed by atoms with Crippen LogP contribution in [-0.2, 0) is 4.79 Å². The normalized spacial score (nSPS) is 11.8. The highest BCUT2D eigenvalue weighted by atomic mass is 19.1. The number of nitrogens with one attached hydrogen (secondary N) is 1. The van der Waals surface area contributed by atoms with Gasteiger partial charge in [-0.25, -0.2) is 4.39 Å². The molecule has 1 amide bonds. The summed E-state index contributed by atoms with van der Waals surface area (Å²) in [5.41, 5.74) is 1.27. The topological polar surface area (TPSA) is 38.3 Å². The van der Waals surface area contributed by atoms with Gasteiger partial charge in [0.15, 0.2) is 6.10 Å². The van der Waals surface area contributed by atoms with Crippen molar-refractivity contribution in [2.24, 2.45) is 0 Å². The molecule has 0 aliphatic rings. The van der Waals surface area contributed by atoms with E-state index in [9.17, 15) is 9.18 Å². The second-order valence-electron chi connectivity index (χ2n) is 4.78. The number of rotatable bonds is 5. The molecular formula is C17H18FNO2. The highest BCUT2D eigenvalue weighted by Gasteiger charge is 2.19. The molecule has 0 radical (unpaired) electrons. The lowest BCUT2D eigenvalue weighted by Gasteiger charge is -2.18. The molecule has 1 N–H and O–H groups in total. The highest BCUT2D eigenvalue weighted by molar-refractivity contribution is 5.95. The van der Waals surface area contributed by atoms with Gasteiger partial charge in [0.2, 0.25) is 0 Å². The van der Waals surface area contributed by atoms with E-state index in [-0.39, 0.29) is 11.7 Å². The van der Waals surface area contributed by atoms with Gasteiger partial charge >= 0.3 is 0 Å². The summed E-state index contributed by atoms with van der Waals surface area (Å²) in [6.07, 6.45) is -0.0928. The summed E-state index contributed by atoms with van der Waals surface area (Å²) in [6, 6.07) is 13.5. The largest absolute Gasteiger partial charge is 0.481 e. The highest BCUT2D eigenvalue weighted by Crippen LogP contribution is 2.18. The number of carbonyl (C=O) groups is 1. The Balaban J connectivity index is 2.08. The third kappa shape index (κ3) is 4.05. The molecule has 0 aliphatic heterocycles. The predicted molar refractivity (Wildman–Crippen MR) is 80.9 cm³/mol. The molecule has 0 bridgehead atoms. The van der Waals surface area contributed by atoms with E-state index in [0.29, 0.717) is 17.9 Å². The summed E-state index contributed by atoms with van der Waals surface area (Å²) in [5.74, 6) is -0.0292. The molecule has 0 aromatic heterocycles. The smallest absolute Gasteiger partial charge is 0.265 e. The number of ether oxygens (including phenoxy) is 1. The van der Waals surface area contributed by atoms with Crippen molar-refractivity contribution >= 4 is 11.6 Å². The fraction of sp³-hybridized carbons (Fsp3) is 0.235. The van der Waals surface area contributed by atoms with Crippen LogP contribution in [0.2, 0.25) is 0 Å². The fourth-order valence-electron chi connectivity index (χ4n) is 1.93. The molecule has 110 valence electrons. The van der Waals surface area contributed by atoms with Crippen molar-refractivity contribution in [3.63, 3.8) is 0 Å². The molecule has 21 heavy (non-hydrogen) atoms. The summed E-state index contributed by atoms with van der Waals surface area (Å²) in [5, 5.41) is 2.72. The third-order valence-corrected chi connectivity index (χ3v) is 3.14. The minimum Gasteiger partial charge on any atom is -0.481 e. The molecule has 0 saturated heterocycles. The zero-order valence-corrected chi connectivity index (χ0v) is 12.1. The third-order valence-electron chi connectivity index (χ3n) is 3.14. The predicted octanol–water partition coefficient (Wildman–Crippen LogP) is 3.93. The first kappa shape index (κ1) is 15.0. The molecule has 2 rings (SSSR count). The van der Waals surface area contributed by atoms with Crippen LogP contribution in [0.5, 0.6) is 5.75 Å². The minimum atomic E-state index is -0.616. The average Bonchev–Trinajstić information content (AvgIpc) is 2.49. The monoisotopic (exact) mass is 287 g/mol. The van der Waals surface area contributed by atoms with Crippen LogP contribution in [0.4, 0.5) is 10.1 Å². The van der Waals surface area contributed by atoms with Crippen molar-refractivity contribution in [1.82, 2.24) is 0 Å². The Bertz CT molecular complexity index is 613. The van der Waals surface area contributed by atoms with Gasteiger partial charge in [0, 0.05) is 5.69 Å². The van der Waals surface area contributed by atoms with E-state index in [1.54, 1.807) is 18.2 Å². The zero-order valence-electron chi connectivity index (χ0n) is 12.1. The SMILES string of the molecule is CCC(Oc1ccccc1)C(=O)Nc1cc(F)ccc1C. The molecule has 0 aliphatic carbocycles. The number of carbonyl (C=O) groups excluding carboxylic acids is 1. The van der Waals surface area contributed by atoms with E-state index in [1.165, 1.54) is 12.1 Å². The first-order valence-corrected chi connectivity index (χ1v) is 6.89. The van der Waals surface area contributed by atoms with Crippen LogP contribution in [-0.4, -0.2) is 12.0 Å². The number of benzene rings is 2. The first-order chi connectivity index (χ1) is 10.1. The lowest BCUT2D eigenvalue weighted by atomic mass is 10.1. The number of hydrogen-bond donors (Lipinski definition) is 1. The van der Waals surface area contributed by atoms with Crippen molar-refractivity contribution in [1.29, 1.82) is 0 Å². The second-order valence-corrected chi connectivity index (χ2v) is 4.78. The zero-order chi connectivity index (χ0) is 15.2. The van der Waals surface area contributed by atoms with Crippen molar-refractivity contribution in [3.8, 4) is 5.75 Å². The summed E-state index contributed by atoms with van der Waals surface area (Å²) >= 11 is 0. The van der Waals surface area contributed by atoms with E-state index in [0.717, 1.165) is 5.56 Å². The summed E-state index contributed by atoms with van der Waals surface area (Å²) in [4.78, 5) is 12.3. The Morgan fingerprint density at radius 1 is 1.24 bits per heavy atom. The van der Waals surface area contributed by atoms with Gasteiger partial charge in [-0.2, -0.15) is 0 Å². The number of aryl methyl sites for hydroxylation is 1. The Morgan fingerprint density at radius 2 is 1.95 bits per heavy atom. The number of para-hydroxylation sites is 1. The van der Waals surface area contributed by atoms with Crippen LogP contribution >= 0.6 is 0 Å². The van der Waals surface area contributed by atoms with Gasteiger partial charge in [-0.3, -0.25) is 4.79 Å². The quantitative estimate of drug-likeness (QED) is 0.905. The Hall–Kier alpha value is -2.36. The Kier molecular flexibility index (Phi) is 4.93. The lowest BCUT2D eigenvalue weighted by molar-refractivity contribution is -0.122. The lowest BCUT2D eigenvalue weighted by Crippen LogP contribution is -2.32. The Labute approximate surface area is 123 Å². The van der Waals surface area contributed by atoms with Crippen LogP contribution in [0.15, 0.2) is 48.5 Å². The van der Waals surface area contributed by atoms with Crippen LogP contribution < -0.4 is 10.1 Å². The maximum atomic E-state index is 13.2. The molecule has 0 heterocycles. The number of hydrogen-bond acceptors (Lipinski definition) is 2. The fourth-order valence-corrected chi connectivity index (χ4v) is 1.93. The van der Waals surface area contributed by atoms with Crippen LogP contribution in [0.25, 0.3) is 0 Å². The molecule has 1 unspecified atom stereocenters. The van der Waals surface area contributed by atoms with E-state index in [2.05, 4.69) is 5.32 Å². The summed E-state index contributed by atoms with van der Waals surface area (Å²) in [6.45, 7) is 3.68.